The lowest BCUT2D eigenvalue weighted by Crippen LogP contribution is -2.18. The molecule has 0 spiro atoms. The Morgan fingerprint density at radius 3 is 2.80 bits per heavy atom. The van der Waals surface area contributed by atoms with Crippen molar-refractivity contribution in [3.63, 3.8) is 0 Å². The number of nitrogens with one attached hydrogen (secondary N) is 1. The number of anilines is 1. The molecule has 0 atom stereocenters. The van der Waals surface area contributed by atoms with Gasteiger partial charge in [-0.05, 0) is 67.6 Å². The Morgan fingerprint density at radius 1 is 1.20 bits per heavy atom. The van der Waals surface area contributed by atoms with E-state index in [0.717, 1.165) is 13.1 Å². The van der Waals surface area contributed by atoms with Crippen molar-refractivity contribution in [2.75, 3.05) is 18.4 Å². The summed E-state index contributed by atoms with van der Waals surface area (Å²) in [5.74, 6) is 0. The second-order valence-corrected chi connectivity index (χ2v) is 6.56. The summed E-state index contributed by atoms with van der Waals surface area (Å²) in [5, 5.41) is 5.71. The van der Waals surface area contributed by atoms with Gasteiger partial charge in [-0.2, -0.15) is 0 Å². The molecule has 3 rings (SSSR count). The molecule has 20 heavy (non-hydrogen) atoms. The summed E-state index contributed by atoms with van der Waals surface area (Å²) in [7, 11) is 0. The lowest BCUT2D eigenvalue weighted by molar-refractivity contribution is 0.331. The number of benzene rings is 1. The highest BCUT2D eigenvalue weighted by Crippen LogP contribution is 2.19. The molecule has 2 nitrogen and oxygen atoms in total. The van der Waals surface area contributed by atoms with Crippen LogP contribution in [0.1, 0.15) is 28.8 Å². The van der Waals surface area contributed by atoms with Gasteiger partial charge in [0.25, 0.3) is 0 Å². The minimum absolute atomic E-state index is 0.927. The molecule has 0 bridgehead atoms. The van der Waals surface area contributed by atoms with Crippen molar-refractivity contribution in [3.8, 4) is 0 Å². The molecule has 0 aliphatic carbocycles. The number of hydrogen-bond donors (Lipinski definition) is 1. The lowest BCUT2D eigenvalue weighted by Gasteiger charge is -2.15. The van der Waals surface area contributed by atoms with E-state index < -0.39 is 0 Å². The molecule has 2 aromatic rings. The highest BCUT2D eigenvalue weighted by Gasteiger charge is 2.11. The summed E-state index contributed by atoms with van der Waals surface area (Å²) >= 11 is 1.83. The van der Waals surface area contributed by atoms with Crippen LogP contribution in [0.25, 0.3) is 0 Å². The number of thiophene rings is 1. The van der Waals surface area contributed by atoms with Crippen LogP contribution in [0.4, 0.5) is 5.69 Å². The molecular formula is C17H22N2S. The van der Waals surface area contributed by atoms with Crippen molar-refractivity contribution in [2.45, 2.75) is 32.9 Å². The molecular weight excluding hydrogens is 264 g/mol. The van der Waals surface area contributed by atoms with Crippen molar-refractivity contribution in [1.29, 1.82) is 0 Å². The molecule has 1 aromatic carbocycles. The molecule has 0 saturated carbocycles. The van der Waals surface area contributed by atoms with Crippen LogP contribution in [0.3, 0.4) is 0 Å². The summed E-state index contributed by atoms with van der Waals surface area (Å²) in [4.78, 5) is 3.97. The Morgan fingerprint density at radius 2 is 2.05 bits per heavy atom. The fourth-order valence-electron chi connectivity index (χ4n) is 2.75. The van der Waals surface area contributed by atoms with Gasteiger partial charge in [-0.3, -0.25) is 4.90 Å². The van der Waals surface area contributed by atoms with Gasteiger partial charge in [-0.25, -0.2) is 0 Å². The zero-order chi connectivity index (χ0) is 13.8. The number of nitrogens with zero attached hydrogens (tertiary/aromatic N) is 1. The van der Waals surface area contributed by atoms with Crippen molar-refractivity contribution in [2.24, 2.45) is 0 Å². The van der Waals surface area contributed by atoms with Gasteiger partial charge in [0.1, 0.15) is 0 Å². The SMILES string of the molecule is Cc1ccsc1CNc1cccc(CN2CCCC2)c1. The predicted octanol–water partition coefficient (Wildman–Crippen LogP) is 4.26. The van der Waals surface area contributed by atoms with E-state index in [-0.39, 0.29) is 0 Å². The molecule has 106 valence electrons. The average molecular weight is 286 g/mol. The summed E-state index contributed by atoms with van der Waals surface area (Å²) in [6.07, 6.45) is 2.71. The second kappa shape index (κ2) is 6.42. The quantitative estimate of drug-likeness (QED) is 0.883. The lowest BCUT2D eigenvalue weighted by atomic mass is 10.2. The smallest absolute Gasteiger partial charge is 0.0496 e. The summed E-state index contributed by atoms with van der Waals surface area (Å²) in [5.41, 5.74) is 4.03. The van der Waals surface area contributed by atoms with Gasteiger partial charge in [0.2, 0.25) is 0 Å². The first kappa shape index (κ1) is 13.7. The predicted molar refractivity (Wildman–Crippen MR) is 87.3 cm³/mol. The minimum Gasteiger partial charge on any atom is -0.380 e. The third kappa shape index (κ3) is 3.41. The molecule has 0 unspecified atom stereocenters. The topological polar surface area (TPSA) is 15.3 Å². The maximum absolute atomic E-state index is 3.55. The molecule has 1 N–H and O–H groups in total. The van der Waals surface area contributed by atoms with Crippen LogP contribution in [0.15, 0.2) is 35.7 Å². The van der Waals surface area contributed by atoms with Gasteiger partial charge < -0.3 is 5.32 Å². The van der Waals surface area contributed by atoms with E-state index in [4.69, 9.17) is 0 Å². The first-order valence-corrected chi connectivity index (χ1v) is 8.27. The number of rotatable bonds is 5. The normalized spacial score (nSPS) is 15.7. The monoisotopic (exact) mass is 286 g/mol. The molecule has 1 aromatic heterocycles. The molecule has 1 aliphatic heterocycles. The fraction of sp³-hybridized carbons (Fsp3) is 0.412. The van der Waals surface area contributed by atoms with Crippen LogP contribution in [0.2, 0.25) is 0 Å². The van der Waals surface area contributed by atoms with Gasteiger partial charge in [0.05, 0.1) is 0 Å². The largest absolute Gasteiger partial charge is 0.380 e. The van der Waals surface area contributed by atoms with Crippen LogP contribution >= 0.6 is 11.3 Å². The van der Waals surface area contributed by atoms with Crippen molar-refractivity contribution in [3.05, 3.63) is 51.7 Å². The molecule has 1 aliphatic rings. The maximum atomic E-state index is 3.55. The summed E-state index contributed by atoms with van der Waals surface area (Å²) in [6.45, 7) is 6.71. The van der Waals surface area contributed by atoms with E-state index >= 15 is 0 Å². The van der Waals surface area contributed by atoms with E-state index in [0.29, 0.717) is 0 Å². The van der Waals surface area contributed by atoms with Crippen LogP contribution in [0, 0.1) is 6.92 Å². The van der Waals surface area contributed by atoms with Crippen molar-refractivity contribution < 1.29 is 0 Å². The van der Waals surface area contributed by atoms with Crippen LogP contribution < -0.4 is 5.32 Å². The Labute approximate surface area is 125 Å². The van der Waals surface area contributed by atoms with Crippen molar-refractivity contribution in [1.82, 2.24) is 4.90 Å². The van der Waals surface area contributed by atoms with Crippen molar-refractivity contribution >= 4 is 17.0 Å². The summed E-state index contributed by atoms with van der Waals surface area (Å²) < 4.78 is 0. The highest BCUT2D eigenvalue weighted by molar-refractivity contribution is 7.10. The molecule has 0 radical (unpaired) electrons. The Kier molecular flexibility index (Phi) is 4.38. The van der Waals surface area contributed by atoms with Gasteiger partial charge >= 0.3 is 0 Å². The number of aryl methyl sites for hydroxylation is 1. The fourth-order valence-corrected chi connectivity index (χ4v) is 3.59. The second-order valence-electron chi connectivity index (χ2n) is 5.56. The molecule has 0 amide bonds. The Bertz CT molecular complexity index is 556. The third-order valence-corrected chi connectivity index (χ3v) is 4.98. The average Bonchev–Trinajstić information content (AvgIpc) is 3.09. The first-order chi connectivity index (χ1) is 9.81. The van der Waals surface area contributed by atoms with Crippen LogP contribution in [-0.2, 0) is 13.1 Å². The number of likely N-dealkylation sites (tertiary alicyclic amines) is 1. The molecule has 3 heteroatoms. The van der Waals surface area contributed by atoms with E-state index in [1.54, 1.807) is 0 Å². The van der Waals surface area contributed by atoms with Crippen LogP contribution in [-0.4, -0.2) is 18.0 Å². The van der Waals surface area contributed by atoms with E-state index in [2.05, 4.69) is 52.9 Å². The van der Waals surface area contributed by atoms with E-state index in [1.165, 1.54) is 47.6 Å². The van der Waals surface area contributed by atoms with E-state index in [9.17, 15) is 0 Å². The van der Waals surface area contributed by atoms with Crippen LogP contribution in [0.5, 0.6) is 0 Å². The maximum Gasteiger partial charge on any atom is 0.0496 e. The molecule has 2 heterocycles. The van der Waals surface area contributed by atoms with E-state index in [1.807, 2.05) is 11.3 Å². The van der Waals surface area contributed by atoms with Gasteiger partial charge in [-0.15, -0.1) is 11.3 Å². The molecule has 1 fully saturated rings. The highest BCUT2D eigenvalue weighted by atomic mass is 32.1. The summed E-state index contributed by atoms with van der Waals surface area (Å²) in [6, 6.07) is 11.0. The van der Waals surface area contributed by atoms with Gasteiger partial charge in [0.15, 0.2) is 0 Å². The zero-order valence-electron chi connectivity index (χ0n) is 12.1. The molecule has 1 saturated heterocycles. The van der Waals surface area contributed by atoms with Gasteiger partial charge in [0, 0.05) is 23.7 Å². The Balaban J connectivity index is 1.60. The Hall–Kier alpha value is -1.32. The number of hydrogen-bond acceptors (Lipinski definition) is 3. The minimum atomic E-state index is 0.927. The first-order valence-electron chi connectivity index (χ1n) is 7.39. The zero-order valence-corrected chi connectivity index (χ0v) is 12.9. The third-order valence-electron chi connectivity index (χ3n) is 3.95. The standard InChI is InChI=1S/C17H22N2S/c1-14-7-10-20-17(14)12-18-16-6-4-5-15(11-16)13-19-8-2-3-9-19/h4-7,10-11,18H,2-3,8-9,12-13H2,1H3. The van der Waals surface area contributed by atoms with Gasteiger partial charge in [-0.1, -0.05) is 12.1 Å².